The van der Waals surface area contributed by atoms with Crippen LogP contribution in [-0.2, 0) is 0 Å². The van der Waals surface area contributed by atoms with Crippen LogP contribution in [0.3, 0.4) is 0 Å². The fraction of sp³-hybridized carbons (Fsp3) is 1.00. The number of fused-ring (bicyclic) bond motifs is 2. The lowest BCUT2D eigenvalue weighted by molar-refractivity contribution is 0.555. The third-order valence-electron chi connectivity index (χ3n) is 4.52. The fourth-order valence-electron chi connectivity index (χ4n) is 3.46. The molecule has 0 saturated carbocycles. The fourth-order valence-corrected chi connectivity index (χ4v) is 3.46. The summed E-state index contributed by atoms with van der Waals surface area (Å²) in [5.74, 6) is 1.91. The first-order valence-corrected chi connectivity index (χ1v) is 6.81. The van der Waals surface area contributed by atoms with Crippen molar-refractivity contribution in [3.05, 3.63) is 0 Å². The molecule has 4 atom stereocenters. The summed E-state index contributed by atoms with van der Waals surface area (Å²) in [5, 5.41) is 13.6. The van der Waals surface area contributed by atoms with Crippen molar-refractivity contribution in [3.8, 4) is 0 Å². The van der Waals surface area contributed by atoms with Crippen LogP contribution in [0.1, 0.15) is 12.8 Å². The predicted octanol–water partition coefficient (Wildman–Crippen LogP) is -0.865. The predicted molar refractivity (Wildman–Crippen MR) is 65.5 cm³/mol. The van der Waals surface area contributed by atoms with Gasteiger partial charge >= 0.3 is 0 Å². The van der Waals surface area contributed by atoms with Crippen molar-refractivity contribution in [2.75, 3.05) is 39.3 Å². The topological polar surface area (TPSA) is 48.1 Å². The Balaban J connectivity index is 0.000000101. The van der Waals surface area contributed by atoms with Gasteiger partial charge in [0.25, 0.3) is 0 Å². The summed E-state index contributed by atoms with van der Waals surface area (Å²) in [5.41, 5.74) is 0. The van der Waals surface area contributed by atoms with Crippen LogP contribution in [0.2, 0.25) is 0 Å². The number of rotatable bonds is 0. The third-order valence-corrected chi connectivity index (χ3v) is 4.52. The quantitative estimate of drug-likeness (QED) is 0.432. The standard InChI is InChI=1S/2C6H12N2/c2*1-2-8-6-4-7-3-5(1)6/h2*5-8H,1-4H2. The van der Waals surface area contributed by atoms with Gasteiger partial charge in [-0.1, -0.05) is 0 Å². The maximum atomic E-state index is 3.46. The SMILES string of the molecule is C1CC2CNCC2N1.C1CC2CNCC2N1. The van der Waals surface area contributed by atoms with Crippen molar-refractivity contribution in [1.82, 2.24) is 21.3 Å². The Bertz CT molecular complexity index is 169. The van der Waals surface area contributed by atoms with Crippen molar-refractivity contribution in [3.63, 3.8) is 0 Å². The van der Waals surface area contributed by atoms with E-state index in [0.717, 1.165) is 23.9 Å². The Morgan fingerprint density at radius 3 is 1.56 bits per heavy atom. The minimum atomic E-state index is 0.815. The van der Waals surface area contributed by atoms with Gasteiger partial charge in [-0.3, -0.25) is 0 Å². The largest absolute Gasteiger partial charge is 0.315 e. The summed E-state index contributed by atoms with van der Waals surface area (Å²) >= 11 is 0. The van der Waals surface area contributed by atoms with Crippen LogP contribution in [-0.4, -0.2) is 51.4 Å². The lowest BCUT2D eigenvalue weighted by atomic mass is 10.1. The highest BCUT2D eigenvalue weighted by atomic mass is 15.1. The van der Waals surface area contributed by atoms with Crippen molar-refractivity contribution in [2.24, 2.45) is 11.8 Å². The van der Waals surface area contributed by atoms with E-state index in [1.165, 1.54) is 52.1 Å². The Kier molecular flexibility index (Phi) is 3.43. The van der Waals surface area contributed by atoms with Gasteiger partial charge in [0.2, 0.25) is 0 Å². The number of nitrogens with one attached hydrogen (secondary N) is 4. The first kappa shape index (κ1) is 11.0. The van der Waals surface area contributed by atoms with E-state index in [1.54, 1.807) is 0 Å². The van der Waals surface area contributed by atoms with Crippen molar-refractivity contribution >= 4 is 0 Å². The van der Waals surface area contributed by atoms with Crippen LogP contribution in [0.4, 0.5) is 0 Å². The van der Waals surface area contributed by atoms with Gasteiger partial charge in [-0.25, -0.2) is 0 Å². The van der Waals surface area contributed by atoms with E-state index in [1.807, 2.05) is 0 Å². The zero-order valence-electron chi connectivity index (χ0n) is 9.97. The highest BCUT2D eigenvalue weighted by Crippen LogP contribution is 2.18. The molecule has 4 N–H and O–H groups in total. The van der Waals surface area contributed by atoms with E-state index < -0.39 is 0 Å². The Labute approximate surface area is 97.9 Å². The third kappa shape index (κ3) is 2.25. The van der Waals surface area contributed by atoms with Crippen LogP contribution >= 0.6 is 0 Å². The number of hydrogen-bond donors (Lipinski definition) is 4. The molecule has 0 bridgehead atoms. The van der Waals surface area contributed by atoms with Crippen molar-refractivity contribution < 1.29 is 0 Å². The minimum absolute atomic E-state index is 0.815. The molecule has 4 heteroatoms. The minimum Gasteiger partial charge on any atom is -0.315 e. The van der Waals surface area contributed by atoms with E-state index in [2.05, 4.69) is 21.3 Å². The van der Waals surface area contributed by atoms with Crippen LogP contribution in [0.5, 0.6) is 0 Å². The van der Waals surface area contributed by atoms with Gasteiger partial charge < -0.3 is 21.3 Å². The molecular formula is C12H24N4. The van der Waals surface area contributed by atoms with E-state index in [4.69, 9.17) is 0 Å². The maximum absolute atomic E-state index is 3.46. The molecule has 0 spiro atoms. The Morgan fingerprint density at radius 1 is 0.625 bits per heavy atom. The van der Waals surface area contributed by atoms with Crippen LogP contribution in [0.15, 0.2) is 0 Å². The van der Waals surface area contributed by atoms with Gasteiger partial charge in [-0.05, 0) is 50.9 Å². The second-order valence-electron chi connectivity index (χ2n) is 5.54. The molecule has 0 aromatic heterocycles. The van der Waals surface area contributed by atoms with Gasteiger partial charge in [0.15, 0.2) is 0 Å². The van der Waals surface area contributed by atoms with E-state index >= 15 is 0 Å². The molecular weight excluding hydrogens is 200 g/mol. The van der Waals surface area contributed by atoms with Gasteiger partial charge in [0, 0.05) is 25.2 Å². The van der Waals surface area contributed by atoms with Gasteiger partial charge in [0.05, 0.1) is 0 Å². The van der Waals surface area contributed by atoms with Gasteiger partial charge in [0.1, 0.15) is 0 Å². The first-order chi connectivity index (χ1) is 7.93. The molecule has 92 valence electrons. The second kappa shape index (κ2) is 5.00. The summed E-state index contributed by atoms with van der Waals surface area (Å²) in [7, 11) is 0. The zero-order valence-corrected chi connectivity index (χ0v) is 9.97. The van der Waals surface area contributed by atoms with Gasteiger partial charge in [-0.15, -0.1) is 0 Å². The molecule has 4 saturated heterocycles. The molecule has 4 aliphatic rings. The lowest BCUT2D eigenvalue weighted by Crippen LogP contribution is -2.27. The summed E-state index contributed by atoms with van der Waals surface area (Å²) in [4.78, 5) is 0. The summed E-state index contributed by atoms with van der Waals surface area (Å²) in [6.07, 6.45) is 2.77. The average Bonchev–Trinajstić information content (AvgIpc) is 2.99. The Hall–Kier alpha value is -0.160. The molecule has 4 aliphatic heterocycles. The Morgan fingerprint density at radius 2 is 1.12 bits per heavy atom. The molecule has 0 amide bonds. The zero-order chi connectivity index (χ0) is 10.8. The highest BCUT2D eigenvalue weighted by molar-refractivity contribution is 4.92. The average molecular weight is 224 g/mol. The molecule has 4 nitrogen and oxygen atoms in total. The lowest BCUT2D eigenvalue weighted by Gasteiger charge is -2.03. The smallest absolute Gasteiger partial charge is 0.0233 e. The summed E-state index contributed by atoms with van der Waals surface area (Å²) in [6, 6.07) is 1.63. The van der Waals surface area contributed by atoms with Crippen LogP contribution < -0.4 is 21.3 Å². The molecule has 4 heterocycles. The molecule has 0 radical (unpaired) electrons. The normalized spacial score (nSPS) is 45.0. The van der Waals surface area contributed by atoms with E-state index in [0.29, 0.717) is 0 Å². The monoisotopic (exact) mass is 224 g/mol. The van der Waals surface area contributed by atoms with Gasteiger partial charge in [-0.2, -0.15) is 0 Å². The molecule has 16 heavy (non-hydrogen) atoms. The second-order valence-corrected chi connectivity index (χ2v) is 5.54. The molecule has 4 fully saturated rings. The first-order valence-electron chi connectivity index (χ1n) is 6.81. The van der Waals surface area contributed by atoms with Crippen molar-refractivity contribution in [1.29, 1.82) is 0 Å². The van der Waals surface area contributed by atoms with Crippen LogP contribution in [0, 0.1) is 11.8 Å². The van der Waals surface area contributed by atoms with Crippen molar-refractivity contribution in [2.45, 2.75) is 24.9 Å². The summed E-state index contributed by atoms with van der Waals surface area (Å²) in [6.45, 7) is 7.39. The van der Waals surface area contributed by atoms with Crippen LogP contribution in [0.25, 0.3) is 0 Å². The molecule has 4 rings (SSSR count). The van der Waals surface area contributed by atoms with E-state index in [-0.39, 0.29) is 0 Å². The number of hydrogen-bond acceptors (Lipinski definition) is 4. The molecule has 0 aliphatic carbocycles. The molecule has 0 aromatic carbocycles. The molecule has 4 unspecified atom stereocenters. The molecule has 0 aromatic rings. The highest BCUT2D eigenvalue weighted by Gasteiger charge is 2.30. The van der Waals surface area contributed by atoms with E-state index in [9.17, 15) is 0 Å². The maximum Gasteiger partial charge on any atom is 0.0233 e. The summed E-state index contributed by atoms with van der Waals surface area (Å²) < 4.78 is 0.